The minimum Gasteiger partial charge on any atom is -0.363 e. The van der Waals surface area contributed by atoms with Crippen molar-refractivity contribution in [3.8, 4) is 0 Å². The van der Waals surface area contributed by atoms with Crippen LogP contribution in [0.2, 0.25) is 0 Å². The number of rotatable bonds is 4. The van der Waals surface area contributed by atoms with Gasteiger partial charge < -0.3 is 9.09 Å². The molecule has 1 fully saturated rings. The highest BCUT2D eigenvalue weighted by Crippen LogP contribution is 2.20. The Labute approximate surface area is 146 Å². The van der Waals surface area contributed by atoms with Crippen LogP contribution in [-0.2, 0) is 27.1 Å². The second kappa shape index (κ2) is 6.52. The lowest BCUT2D eigenvalue weighted by Crippen LogP contribution is -2.37. The molecule has 0 amide bonds. The van der Waals surface area contributed by atoms with Crippen molar-refractivity contribution in [2.24, 2.45) is 7.05 Å². The highest BCUT2D eigenvalue weighted by molar-refractivity contribution is 7.89. The van der Waals surface area contributed by atoms with Gasteiger partial charge in [0.2, 0.25) is 10.0 Å². The van der Waals surface area contributed by atoms with Gasteiger partial charge in [0.15, 0.2) is 5.03 Å². The summed E-state index contributed by atoms with van der Waals surface area (Å²) in [6.07, 6.45) is 4.04. The summed E-state index contributed by atoms with van der Waals surface area (Å²) in [5, 5.41) is 3.39. The molecule has 1 aliphatic heterocycles. The lowest BCUT2D eigenvalue weighted by molar-refractivity contribution is 0.401. The van der Waals surface area contributed by atoms with Crippen LogP contribution in [0.1, 0.15) is 12.2 Å². The van der Waals surface area contributed by atoms with E-state index in [0.717, 1.165) is 12.5 Å². The molecule has 0 aliphatic carbocycles. The van der Waals surface area contributed by atoms with Crippen LogP contribution >= 0.6 is 0 Å². The molecule has 3 heterocycles. The van der Waals surface area contributed by atoms with E-state index in [-0.39, 0.29) is 36.1 Å². The molecule has 1 aliphatic rings. The van der Waals surface area contributed by atoms with E-state index >= 15 is 0 Å². The molecule has 0 unspecified atom stereocenters. The fourth-order valence-corrected chi connectivity index (χ4v) is 5.43. The van der Waals surface area contributed by atoms with Crippen LogP contribution in [0.4, 0.5) is 0 Å². The molecular formula is C13H19N5O5S2. The van der Waals surface area contributed by atoms with Gasteiger partial charge in [0.1, 0.15) is 17.0 Å². The first-order chi connectivity index (χ1) is 11.7. The van der Waals surface area contributed by atoms with Gasteiger partial charge in [-0.25, -0.2) is 21.8 Å². The topological polar surface area (TPSA) is 119 Å². The van der Waals surface area contributed by atoms with Crippen molar-refractivity contribution in [2.45, 2.75) is 23.3 Å². The average Bonchev–Trinajstić information content (AvgIpc) is 3.12. The lowest BCUT2D eigenvalue weighted by atomic mass is 10.4. The molecule has 2 aromatic rings. The van der Waals surface area contributed by atoms with E-state index in [1.807, 2.05) is 0 Å². The Morgan fingerprint density at radius 2 is 1.68 bits per heavy atom. The summed E-state index contributed by atoms with van der Waals surface area (Å²) in [5.41, 5.74) is 0. The Hall–Kier alpha value is -1.76. The van der Waals surface area contributed by atoms with Gasteiger partial charge in [0.25, 0.3) is 10.0 Å². The fourth-order valence-electron chi connectivity index (χ4n) is 2.61. The summed E-state index contributed by atoms with van der Waals surface area (Å²) in [6, 6.07) is 0. The molecule has 12 heteroatoms. The Morgan fingerprint density at radius 1 is 1.04 bits per heavy atom. The zero-order valence-electron chi connectivity index (χ0n) is 13.9. The third kappa shape index (κ3) is 3.34. The van der Waals surface area contributed by atoms with Crippen LogP contribution in [0.5, 0.6) is 0 Å². The Morgan fingerprint density at radius 3 is 2.20 bits per heavy atom. The highest BCUT2D eigenvalue weighted by atomic mass is 32.2. The molecule has 10 nitrogen and oxygen atoms in total. The summed E-state index contributed by atoms with van der Waals surface area (Å²) >= 11 is 0. The van der Waals surface area contributed by atoms with Crippen LogP contribution < -0.4 is 0 Å². The molecule has 138 valence electrons. The first-order valence-electron chi connectivity index (χ1n) is 7.62. The van der Waals surface area contributed by atoms with Gasteiger partial charge in [-0.05, 0) is 13.3 Å². The van der Waals surface area contributed by atoms with Crippen LogP contribution in [0.3, 0.4) is 0 Å². The van der Waals surface area contributed by atoms with Crippen molar-refractivity contribution < 1.29 is 21.4 Å². The van der Waals surface area contributed by atoms with Gasteiger partial charge >= 0.3 is 0 Å². The fraction of sp³-hybridized carbons (Fsp3) is 0.538. The van der Waals surface area contributed by atoms with Gasteiger partial charge in [0, 0.05) is 39.4 Å². The molecule has 0 aromatic carbocycles. The average molecular weight is 389 g/mol. The lowest BCUT2D eigenvalue weighted by Gasteiger charge is -2.20. The molecule has 0 radical (unpaired) electrons. The van der Waals surface area contributed by atoms with E-state index in [1.54, 1.807) is 18.5 Å². The third-order valence-corrected chi connectivity index (χ3v) is 7.76. The second-order valence-electron chi connectivity index (χ2n) is 5.76. The van der Waals surface area contributed by atoms with Gasteiger partial charge in [-0.1, -0.05) is 5.16 Å². The van der Waals surface area contributed by atoms with Gasteiger partial charge in [-0.3, -0.25) is 0 Å². The summed E-state index contributed by atoms with van der Waals surface area (Å²) in [5.74, 6) is 0.588. The SMILES string of the molecule is Cc1nc(S(=O)(=O)N2CCCN(S(=O)(=O)c3cnoc3)CC2)cn1C. The molecule has 0 saturated carbocycles. The van der Waals surface area contributed by atoms with Crippen molar-refractivity contribution in [1.82, 2.24) is 23.3 Å². The number of hydrogen-bond acceptors (Lipinski definition) is 7. The maximum atomic E-state index is 12.7. The predicted molar refractivity (Wildman–Crippen MR) is 86.6 cm³/mol. The summed E-state index contributed by atoms with van der Waals surface area (Å²) in [6.45, 7) is 2.28. The maximum absolute atomic E-state index is 12.7. The Bertz CT molecular complexity index is 930. The largest absolute Gasteiger partial charge is 0.363 e. The van der Waals surface area contributed by atoms with Crippen LogP contribution in [0, 0.1) is 6.92 Å². The maximum Gasteiger partial charge on any atom is 0.262 e. The monoisotopic (exact) mass is 389 g/mol. The van der Waals surface area contributed by atoms with Crippen molar-refractivity contribution in [3.05, 3.63) is 24.5 Å². The molecule has 2 aromatic heterocycles. The highest BCUT2D eigenvalue weighted by Gasteiger charge is 2.33. The van der Waals surface area contributed by atoms with Crippen LogP contribution in [0.25, 0.3) is 0 Å². The number of aryl methyl sites for hydroxylation is 2. The number of aromatic nitrogens is 3. The summed E-state index contributed by atoms with van der Waals surface area (Å²) in [4.78, 5) is 4.04. The van der Waals surface area contributed by atoms with E-state index in [2.05, 4.69) is 14.7 Å². The molecule has 0 spiro atoms. The smallest absolute Gasteiger partial charge is 0.262 e. The molecule has 0 atom stereocenters. The van der Waals surface area contributed by atoms with Crippen molar-refractivity contribution >= 4 is 20.0 Å². The molecule has 25 heavy (non-hydrogen) atoms. The third-order valence-electron chi connectivity index (χ3n) is 4.15. The van der Waals surface area contributed by atoms with Crippen molar-refractivity contribution in [1.29, 1.82) is 0 Å². The Kier molecular flexibility index (Phi) is 4.70. The van der Waals surface area contributed by atoms with Crippen LogP contribution in [0.15, 0.2) is 33.1 Å². The van der Waals surface area contributed by atoms with E-state index in [1.165, 1.54) is 14.8 Å². The van der Waals surface area contributed by atoms with Crippen molar-refractivity contribution in [2.75, 3.05) is 26.2 Å². The molecule has 0 N–H and O–H groups in total. The molecule has 1 saturated heterocycles. The number of imidazole rings is 1. The number of nitrogens with zero attached hydrogens (tertiary/aromatic N) is 5. The first-order valence-corrected chi connectivity index (χ1v) is 10.5. The van der Waals surface area contributed by atoms with Gasteiger partial charge in [0.05, 0.1) is 6.20 Å². The van der Waals surface area contributed by atoms with Crippen LogP contribution in [-0.4, -0.2) is 66.3 Å². The van der Waals surface area contributed by atoms with E-state index < -0.39 is 20.0 Å². The van der Waals surface area contributed by atoms with E-state index in [4.69, 9.17) is 0 Å². The zero-order chi connectivity index (χ0) is 18.2. The number of hydrogen-bond donors (Lipinski definition) is 0. The second-order valence-corrected chi connectivity index (χ2v) is 9.58. The zero-order valence-corrected chi connectivity index (χ0v) is 15.5. The molecule has 0 bridgehead atoms. The number of sulfonamides is 2. The standard InChI is InChI=1S/C13H19N5O5S2/c1-11-15-13(9-16(11)2)25(21,22)18-5-3-4-17(6-7-18)24(19,20)12-8-14-23-10-12/h8-10H,3-7H2,1-2H3. The predicted octanol–water partition coefficient (Wildman–Crippen LogP) is -0.198. The normalized spacial score (nSPS) is 18.3. The van der Waals surface area contributed by atoms with E-state index in [9.17, 15) is 16.8 Å². The first kappa shape index (κ1) is 18.0. The minimum absolute atomic E-state index is 0.0251. The summed E-state index contributed by atoms with van der Waals surface area (Å²) < 4.78 is 59.3. The summed E-state index contributed by atoms with van der Waals surface area (Å²) in [7, 11) is -5.78. The minimum atomic E-state index is -3.76. The van der Waals surface area contributed by atoms with Gasteiger partial charge in [-0.15, -0.1) is 0 Å². The van der Waals surface area contributed by atoms with E-state index in [0.29, 0.717) is 12.2 Å². The van der Waals surface area contributed by atoms with Crippen molar-refractivity contribution in [3.63, 3.8) is 0 Å². The molecule has 3 rings (SSSR count). The quantitative estimate of drug-likeness (QED) is 0.710. The molecular weight excluding hydrogens is 370 g/mol. The Balaban J connectivity index is 1.80. The van der Waals surface area contributed by atoms with Gasteiger partial charge in [-0.2, -0.15) is 8.61 Å².